The predicted molar refractivity (Wildman–Crippen MR) is 117 cm³/mol. The molecule has 0 aliphatic heterocycles. The maximum absolute atomic E-state index is 6.53. The lowest BCUT2D eigenvalue weighted by molar-refractivity contribution is 0.460. The van der Waals surface area contributed by atoms with Crippen LogP contribution in [0.1, 0.15) is 64.3 Å². The Balaban J connectivity index is 1.91. The molecule has 2 heterocycles. The molecule has 1 aliphatic carbocycles. The van der Waals surface area contributed by atoms with Gasteiger partial charge >= 0.3 is 0 Å². The second-order valence-electron chi connectivity index (χ2n) is 8.93. The summed E-state index contributed by atoms with van der Waals surface area (Å²) in [5, 5.41) is 9.35. The molecule has 1 saturated carbocycles. The summed E-state index contributed by atoms with van der Waals surface area (Å²) in [5.74, 6) is 1.03. The summed E-state index contributed by atoms with van der Waals surface area (Å²) in [4.78, 5) is 5.04. The third-order valence-corrected chi connectivity index (χ3v) is 5.96. The number of hydrogen-bond acceptors (Lipinski definition) is 3. The fourth-order valence-electron chi connectivity index (χ4n) is 4.05. The summed E-state index contributed by atoms with van der Waals surface area (Å²) in [5.41, 5.74) is 4.82. The Morgan fingerprint density at radius 2 is 1.82 bits per heavy atom. The molecule has 1 aromatic carbocycles. The lowest BCUT2D eigenvalue weighted by Crippen LogP contribution is -2.25. The van der Waals surface area contributed by atoms with Crippen LogP contribution in [-0.4, -0.2) is 20.6 Å². The summed E-state index contributed by atoms with van der Waals surface area (Å²) < 4.78 is 1.97. The number of benzene rings is 1. The van der Waals surface area contributed by atoms with Crippen LogP contribution in [0.25, 0.3) is 16.8 Å². The molecular formula is C23H29ClN4. The van der Waals surface area contributed by atoms with Gasteiger partial charge < -0.3 is 5.32 Å². The fraction of sp³-hybridized carbons (Fsp3) is 0.478. The first kappa shape index (κ1) is 19.3. The van der Waals surface area contributed by atoms with E-state index in [4.69, 9.17) is 21.7 Å². The van der Waals surface area contributed by atoms with Crippen LogP contribution in [0.3, 0.4) is 0 Å². The molecule has 0 amide bonds. The van der Waals surface area contributed by atoms with E-state index in [0.29, 0.717) is 6.04 Å². The van der Waals surface area contributed by atoms with Crippen LogP contribution >= 0.6 is 11.6 Å². The number of hydrogen-bond donors (Lipinski definition) is 1. The Bertz CT molecular complexity index is 994. The van der Waals surface area contributed by atoms with E-state index < -0.39 is 0 Å². The van der Waals surface area contributed by atoms with Crippen LogP contribution < -0.4 is 5.32 Å². The highest BCUT2D eigenvalue weighted by molar-refractivity contribution is 6.33. The quantitative estimate of drug-likeness (QED) is 0.556. The minimum absolute atomic E-state index is 0.0549. The van der Waals surface area contributed by atoms with E-state index in [-0.39, 0.29) is 5.41 Å². The largest absolute Gasteiger partial charge is 0.367 e. The zero-order chi connectivity index (χ0) is 19.9. The molecule has 4 rings (SSSR count). The molecular weight excluding hydrogens is 368 g/mol. The lowest BCUT2D eigenvalue weighted by Gasteiger charge is -2.25. The molecule has 0 atom stereocenters. The van der Waals surface area contributed by atoms with Crippen molar-refractivity contribution in [1.29, 1.82) is 0 Å². The summed E-state index contributed by atoms with van der Waals surface area (Å²) >= 11 is 6.53. The van der Waals surface area contributed by atoms with E-state index in [9.17, 15) is 0 Å². The Morgan fingerprint density at radius 1 is 1.11 bits per heavy atom. The third-order valence-electron chi connectivity index (χ3n) is 5.63. The monoisotopic (exact) mass is 396 g/mol. The van der Waals surface area contributed by atoms with Crippen LogP contribution in [0.2, 0.25) is 5.02 Å². The Labute approximate surface area is 172 Å². The van der Waals surface area contributed by atoms with E-state index in [1.807, 2.05) is 35.7 Å². The summed E-state index contributed by atoms with van der Waals surface area (Å²) in [6.45, 7) is 8.65. The van der Waals surface area contributed by atoms with Gasteiger partial charge in [0.2, 0.25) is 0 Å². The molecule has 0 spiro atoms. The number of halogens is 1. The maximum atomic E-state index is 6.53. The molecule has 2 aromatic heterocycles. The van der Waals surface area contributed by atoms with Gasteiger partial charge in [-0.25, -0.2) is 4.98 Å². The standard InChI is InChI=1S/C23H29ClN4/c1-15-21(17-12-8-9-13-18(17)24)22-26-19(23(2,3)4)14-20(28(22)27-15)25-16-10-6-5-7-11-16/h8-9,12-14,16,25H,5-7,10-11H2,1-4H3. The molecule has 3 aromatic rings. The highest BCUT2D eigenvalue weighted by atomic mass is 35.5. The third kappa shape index (κ3) is 3.62. The molecule has 28 heavy (non-hydrogen) atoms. The van der Waals surface area contributed by atoms with Gasteiger partial charge in [-0.1, -0.05) is 69.8 Å². The van der Waals surface area contributed by atoms with Crippen molar-refractivity contribution in [2.45, 2.75) is 71.3 Å². The van der Waals surface area contributed by atoms with Crippen molar-refractivity contribution in [3.05, 3.63) is 46.7 Å². The molecule has 4 nitrogen and oxygen atoms in total. The molecule has 0 saturated heterocycles. The van der Waals surface area contributed by atoms with Crippen LogP contribution in [0, 0.1) is 6.92 Å². The molecule has 1 fully saturated rings. The molecule has 148 valence electrons. The van der Waals surface area contributed by atoms with Crippen LogP contribution in [0.5, 0.6) is 0 Å². The van der Waals surface area contributed by atoms with Gasteiger partial charge in [0.1, 0.15) is 5.82 Å². The number of fused-ring (bicyclic) bond motifs is 1. The highest BCUT2D eigenvalue weighted by Gasteiger charge is 2.24. The highest BCUT2D eigenvalue weighted by Crippen LogP contribution is 2.35. The van der Waals surface area contributed by atoms with Crippen molar-refractivity contribution in [2.24, 2.45) is 0 Å². The summed E-state index contributed by atoms with van der Waals surface area (Å²) in [6.07, 6.45) is 6.36. The predicted octanol–water partition coefficient (Wildman–Crippen LogP) is 6.40. The maximum Gasteiger partial charge on any atom is 0.165 e. The van der Waals surface area contributed by atoms with E-state index in [2.05, 4.69) is 32.2 Å². The van der Waals surface area contributed by atoms with Crippen molar-refractivity contribution in [3.8, 4) is 11.1 Å². The summed E-state index contributed by atoms with van der Waals surface area (Å²) in [7, 11) is 0. The van der Waals surface area contributed by atoms with Gasteiger partial charge in [-0.3, -0.25) is 0 Å². The first-order valence-corrected chi connectivity index (χ1v) is 10.6. The van der Waals surface area contributed by atoms with E-state index in [0.717, 1.165) is 39.0 Å². The van der Waals surface area contributed by atoms with Crippen molar-refractivity contribution in [1.82, 2.24) is 14.6 Å². The first-order chi connectivity index (χ1) is 13.3. The molecule has 5 heteroatoms. The number of nitrogens with zero attached hydrogens (tertiary/aromatic N) is 3. The molecule has 0 radical (unpaired) electrons. The normalized spacial score (nSPS) is 15.9. The van der Waals surface area contributed by atoms with Crippen molar-refractivity contribution < 1.29 is 0 Å². The van der Waals surface area contributed by atoms with Gasteiger partial charge in [0, 0.05) is 28.1 Å². The van der Waals surface area contributed by atoms with Gasteiger partial charge in [-0.15, -0.1) is 0 Å². The van der Waals surface area contributed by atoms with Crippen LogP contribution in [0.4, 0.5) is 5.82 Å². The topological polar surface area (TPSA) is 42.2 Å². The van der Waals surface area contributed by atoms with Crippen molar-refractivity contribution >= 4 is 23.1 Å². The average molecular weight is 397 g/mol. The second-order valence-corrected chi connectivity index (χ2v) is 9.34. The lowest BCUT2D eigenvalue weighted by atomic mass is 9.91. The number of rotatable bonds is 3. The van der Waals surface area contributed by atoms with E-state index >= 15 is 0 Å². The Kier molecular flexibility index (Phi) is 5.09. The Hall–Kier alpha value is -2.07. The average Bonchev–Trinajstić information content (AvgIpc) is 2.98. The number of nitrogens with one attached hydrogen (secondary N) is 1. The zero-order valence-electron chi connectivity index (χ0n) is 17.2. The van der Waals surface area contributed by atoms with E-state index in [1.54, 1.807) is 0 Å². The van der Waals surface area contributed by atoms with Gasteiger partial charge in [0.05, 0.1) is 17.0 Å². The summed E-state index contributed by atoms with van der Waals surface area (Å²) in [6, 6.07) is 10.6. The smallest absolute Gasteiger partial charge is 0.165 e. The van der Waals surface area contributed by atoms with Gasteiger partial charge in [0.15, 0.2) is 5.65 Å². The second kappa shape index (κ2) is 7.40. The van der Waals surface area contributed by atoms with Gasteiger partial charge in [0.25, 0.3) is 0 Å². The van der Waals surface area contributed by atoms with Gasteiger partial charge in [-0.05, 0) is 25.8 Å². The fourth-order valence-corrected chi connectivity index (χ4v) is 4.28. The zero-order valence-corrected chi connectivity index (χ0v) is 18.0. The minimum Gasteiger partial charge on any atom is -0.367 e. The minimum atomic E-state index is -0.0549. The van der Waals surface area contributed by atoms with Gasteiger partial charge in [-0.2, -0.15) is 9.61 Å². The Morgan fingerprint density at radius 3 is 2.50 bits per heavy atom. The number of aromatic nitrogens is 3. The van der Waals surface area contributed by atoms with Crippen molar-refractivity contribution in [3.63, 3.8) is 0 Å². The van der Waals surface area contributed by atoms with Crippen LogP contribution in [-0.2, 0) is 5.41 Å². The van der Waals surface area contributed by atoms with Crippen molar-refractivity contribution in [2.75, 3.05) is 5.32 Å². The van der Waals surface area contributed by atoms with E-state index in [1.165, 1.54) is 32.1 Å². The molecule has 1 aliphatic rings. The molecule has 0 bridgehead atoms. The SMILES string of the molecule is Cc1nn2c(NC3CCCCC3)cc(C(C)(C)C)nc2c1-c1ccccc1Cl. The number of anilines is 1. The molecule has 1 N–H and O–H groups in total. The molecule has 0 unspecified atom stereocenters. The van der Waals surface area contributed by atoms with Crippen LogP contribution in [0.15, 0.2) is 30.3 Å². The first-order valence-electron chi connectivity index (χ1n) is 10.3. The number of aryl methyl sites for hydroxylation is 1.